The number of rotatable bonds is 11. The molecule has 1 aliphatic rings. The third-order valence-electron chi connectivity index (χ3n) is 5.84. The number of likely N-dealkylation sites (tertiary alicyclic amines) is 1. The molecule has 0 aromatic heterocycles. The van der Waals surface area contributed by atoms with Crippen molar-refractivity contribution in [2.45, 2.75) is 32.2 Å². The molecule has 9 heteroatoms. The van der Waals surface area contributed by atoms with Crippen molar-refractivity contribution in [3.8, 4) is 5.75 Å². The van der Waals surface area contributed by atoms with E-state index in [1.165, 1.54) is 29.2 Å². The Bertz CT molecular complexity index is 1110. The minimum atomic E-state index is -0.859. The summed E-state index contributed by atoms with van der Waals surface area (Å²) in [6, 6.07) is 11.6. The first-order chi connectivity index (χ1) is 16.7. The lowest BCUT2D eigenvalue weighted by Crippen LogP contribution is -2.32. The van der Waals surface area contributed by atoms with Crippen molar-refractivity contribution < 1.29 is 24.4 Å². The highest BCUT2D eigenvalue weighted by atomic mass is 16.6. The number of ketones is 1. The van der Waals surface area contributed by atoms with Gasteiger partial charge in [0.2, 0.25) is 0 Å². The zero-order chi connectivity index (χ0) is 25.5. The molecule has 0 spiro atoms. The summed E-state index contributed by atoms with van der Waals surface area (Å²) in [5.41, 5.74) is 0.725. The highest BCUT2D eigenvalue weighted by molar-refractivity contribution is 6.46. The van der Waals surface area contributed by atoms with Crippen molar-refractivity contribution >= 4 is 23.1 Å². The van der Waals surface area contributed by atoms with Crippen LogP contribution < -0.4 is 4.74 Å². The molecule has 2 aromatic rings. The predicted octanol–water partition coefficient (Wildman–Crippen LogP) is 4.15. The molecule has 9 nitrogen and oxygen atoms in total. The number of hydrogen-bond donors (Lipinski definition) is 1. The molecule has 3 rings (SSSR count). The molecule has 1 N–H and O–H groups in total. The van der Waals surface area contributed by atoms with Crippen molar-refractivity contribution in [3.05, 3.63) is 75.3 Å². The maximum Gasteiger partial charge on any atom is 0.295 e. The van der Waals surface area contributed by atoms with Gasteiger partial charge >= 0.3 is 0 Å². The van der Waals surface area contributed by atoms with Gasteiger partial charge in [0, 0.05) is 24.2 Å². The number of aliphatic hydroxyl groups excluding tert-OH is 1. The summed E-state index contributed by atoms with van der Waals surface area (Å²) < 4.78 is 5.73. The van der Waals surface area contributed by atoms with E-state index in [1.54, 1.807) is 24.3 Å². The Kier molecular flexibility index (Phi) is 8.59. The van der Waals surface area contributed by atoms with Crippen LogP contribution >= 0.6 is 0 Å². The van der Waals surface area contributed by atoms with Gasteiger partial charge in [-0.05, 0) is 63.3 Å². The third-order valence-corrected chi connectivity index (χ3v) is 5.84. The Labute approximate surface area is 204 Å². The minimum absolute atomic E-state index is 0.0422. The van der Waals surface area contributed by atoms with Crippen LogP contribution in [0.15, 0.2) is 54.1 Å². The summed E-state index contributed by atoms with van der Waals surface area (Å²) in [6.45, 7) is 3.58. The monoisotopic (exact) mass is 481 g/mol. The van der Waals surface area contributed by atoms with Gasteiger partial charge in [0.25, 0.3) is 17.4 Å². The first kappa shape index (κ1) is 25.9. The summed E-state index contributed by atoms with van der Waals surface area (Å²) >= 11 is 0. The lowest BCUT2D eigenvalue weighted by molar-refractivity contribution is -0.384. The largest absolute Gasteiger partial charge is 0.507 e. The molecular formula is C26H31N3O6. The number of nitro groups is 1. The molecular weight excluding hydrogens is 450 g/mol. The topological polar surface area (TPSA) is 113 Å². The van der Waals surface area contributed by atoms with Crippen molar-refractivity contribution in [2.24, 2.45) is 0 Å². The third kappa shape index (κ3) is 6.05. The molecule has 186 valence electrons. The highest BCUT2D eigenvalue weighted by Crippen LogP contribution is 2.40. The fourth-order valence-electron chi connectivity index (χ4n) is 4.02. The Morgan fingerprint density at radius 2 is 1.86 bits per heavy atom. The number of hydrogen-bond acceptors (Lipinski definition) is 7. The van der Waals surface area contributed by atoms with E-state index in [2.05, 4.69) is 6.92 Å². The van der Waals surface area contributed by atoms with E-state index in [0.717, 1.165) is 12.8 Å². The van der Waals surface area contributed by atoms with Gasteiger partial charge in [0.05, 0.1) is 23.1 Å². The number of ether oxygens (including phenoxy) is 1. The first-order valence-electron chi connectivity index (χ1n) is 11.6. The Balaban J connectivity index is 2.04. The number of carbonyl (C=O) groups excluding carboxylic acids is 2. The van der Waals surface area contributed by atoms with Crippen LogP contribution in [-0.2, 0) is 9.59 Å². The number of Topliss-reactive ketones (excluding diaryl/α,β-unsaturated/α-hetero) is 1. The Morgan fingerprint density at radius 3 is 2.49 bits per heavy atom. The second-order valence-electron chi connectivity index (χ2n) is 8.73. The van der Waals surface area contributed by atoms with E-state index >= 15 is 0 Å². The molecule has 2 aromatic carbocycles. The lowest BCUT2D eigenvalue weighted by Gasteiger charge is -2.26. The minimum Gasteiger partial charge on any atom is -0.507 e. The van der Waals surface area contributed by atoms with E-state index in [0.29, 0.717) is 43.0 Å². The number of amides is 1. The van der Waals surface area contributed by atoms with E-state index in [1.807, 2.05) is 19.0 Å². The molecule has 0 aliphatic carbocycles. The molecule has 1 aliphatic heterocycles. The number of unbranched alkanes of at least 4 members (excludes halogenated alkanes) is 1. The summed E-state index contributed by atoms with van der Waals surface area (Å²) in [6.07, 6.45) is 2.48. The van der Waals surface area contributed by atoms with Crippen molar-refractivity contribution in [1.82, 2.24) is 9.80 Å². The number of nitrogens with zero attached hydrogens (tertiary/aromatic N) is 3. The molecule has 35 heavy (non-hydrogen) atoms. The van der Waals surface area contributed by atoms with Crippen LogP contribution in [0.5, 0.6) is 5.75 Å². The van der Waals surface area contributed by atoms with Gasteiger partial charge < -0.3 is 19.6 Å². The molecule has 1 heterocycles. The fraction of sp³-hybridized carbons (Fsp3) is 0.385. The van der Waals surface area contributed by atoms with Crippen LogP contribution in [0.25, 0.3) is 5.76 Å². The molecule has 1 unspecified atom stereocenters. The zero-order valence-corrected chi connectivity index (χ0v) is 20.3. The van der Waals surface area contributed by atoms with Crippen LogP contribution in [0.2, 0.25) is 0 Å². The molecule has 0 saturated carbocycles. The van der Waals surface area contributed by atoms with Gasteiger partial charge in [-0.15, -0.1) is 0 Å². The molecule has 0 bridgehead atoms. The molecule has 1 atom stereocenters. The second-order valence-corrected chi connectivity index (χ2v) is 8.73. The maximum atomic E-state index is 13.1. The molecule has 0 radical (unpaired) electrons. The van der Waals surface area contributed by atoms with Gasteiger partial charge in [-0.2, -0.15) is 0 Å². The smallest absolute Gasteiger partial charge is 0.295 e. The van der Waals surface area contributed by atoms with Crippen LogP contribution in [-0.4, -0.2) is 65.3 Å². The lowest BCUT2D eigenvalue weighted by atomic mass is 9.95. The predicted molar refractivity (Wildman–Crippen MR) is 132 cm³/mol. The average molecular weight is 482 g/mol. The fourth-order valence-corrected chi connectivity index (χ4v) is 4.02. The summed E-state index contributed by atoms with van der Waals surface area (Å²) in [7, 11) is 3.83. The standard InChI is InChI=1S/C26H31N3O6/c1-4-5-16-35-21-9-6-8-19(17-21)24(30)22-23(18-10-12-20(13-11-18)29(33)34)28(26(32)25(22)31)15-7-14-27(2)3/h6,8-13,17,23,30H,4-5,7,14-16H2,1-3H3/b24-22+. The van der Waals surface area contributed by atoms with Gasteiger partial charge in [-0.25, -0.2) is 0 Å². The van der Waals surface area contributed by atoms with Crippen molar-refractivity contribution in [1.29, 1.82) is 0 Å². The van der Waals surface area contributed by atoms with Gasteiger partial charge in [-0.3, -0.25) is 19.7 Å². The Morgan fingerprint density at radius 1 is 1.14 bits per heavy atom. The van der Waals surface area contributed by atoms with Gasteiger partial charge in [0.1, 0.15) is 11.5 Å². The van der Waals surface area contributed by atoms with Crippen molar-refractivity contribution in [2.75, 3.05) is 33.8 Å². The molecule has 1 saturated heterocycles. The van der Waals surface area contributed by atoms with E-state index in [9.17, 15) is 24.8 Å². The van der Waals surface area contributed by atoms with Gasteiger partial charge in [0.15, 0.2) is 0 Å². The SMILES string of the molecule is CCCCOc1cccc(/C(O)=C2\C(=O)C(=O)N(CCCN(C)C)C2c2ccc([N+](=O)[O-])cc2)c1. The number of carbonyl (C=O) groups is 2. The Hall–Kier alpha value is -3.72. The summed E-state index contributed by atoms with van der Waals surface area (Å²) in [4.78, 5) is 40.1. The van der Waals surface area contributed by atoms with Crippen molar-refractivity contribution in [3.63, 3.8) is 0 Å². The van der Waals surface area contributed by atoms with E-state index in [-0.39, 0.29) is 17.0 Å². The van der Waals surface area contributed by atoms with E-state index in [4.69, 9.17) is 4.74 Å². The second kappa shape index (κ2) is 11.6. The van der Waals surface area contributed by atoms with Crippen LogP contribution in [0, 0.1) is 10.1 Å². The average Bonchev–Trinajstić information content (AvgIpc) is 3.09. The molecule has 1 fully saturated rings. The molecule has 1 amide bonds. The summed E-state index contributed by atoms with van der Waals surface area (Å²) in [5, 5.41) is 22.3. The number of nitro benzene ring substituents is 1. The maximum absolute atomic E-state index is 13.1. The quantitative estimate of drug-likeness (QED) is 0.128. The highest BCUT2D eigenvalue weighted by Gasteiger charge is 2.45. The number of non-ortho nitro benzene ring substituents is 1. The first-order valence-corrected chi connectivity index (χ1v) is 11.6. The van der Waals surface area contributed by atoms with Crippen LogP contribution in [0.4, 0.5) is 5.69 Å². The zero-order valence-electron chi connectivity index (χ0n) is 20.3. The number of benzene rings is 2. The van der Waals surface area contributed by atoms with Gasteiger partial charge in [-0.1, -0.05) is 25.5 Å². The van der Waals surface area contributed by atoms with E-state index < -0.39 is 22.7 Å². The van der Waals surface area contributed by atoms with Crippen LogP contribution in [0.1, 0.15) is 43.4 Å². The number of aliphatic hydroxyl groups is 1. The summed E-state index contributed by atoms with van der Waals surface area (Å²) in [5.74, 6) is -1.24. The normalized spacial score (nSPS) is 17.3. The van der Waals surface area contributed by atoms with Crippen LogP contribution in [0.3, 0.4) is 0 Å².